The maximum atomic E-state index is 12.3. The molecule has 6 nitrogen and oxygen atoms in total. The van der Waals surface area contributed by atoms with Crippen molar-refractivity contribution in [2.75, 3.05) is 5.33 Å². The van der Waals surface area contributed by atoms with Crippen LogP contribution in [0, 0.1) is 15.5 Å². The molecule has 20 heavy (non-hydrogen) atoms. The molecule has 1 atom stereocenters. The van der Waals surface area contributed by atoms with Crippen LogP contribution >= 0.6 is 15.9 Å². The molecule has 0 aromatic carbocycles. The van der Waals surface area contributed by atoms with E-state index >= 15 is 0 Å². The number of aromatic nitrogens is 1. The average Bonchev–Trinajstić information content (AvgIpc) is 2.69. The molecule has 0 aliphatic rings. The lowest BCUT2D eigenvalue weighted by Crippen LogP contribution is -2.44. The van der Waals surface area contributed by atoms with Crippen LogP contribution < -0.4 is 5.32 Å². The maximum absolute atomic E-state index is 12.3. The van der Waals surface area contributed by atoms with E-state index in [1.165, 1.54) is 16.8 Å². The molecule has 0 saturated carbocycles. The molecule has 1 amide bonds. The number of nitro groups is 1. The SMILES string of the molecule is Cn1cc([N+](=O)[O-])cc1C(=O)NC(CCBr)C(C)(C)C. The molecule has 0 bridgehead atoms. The van der Waals surface area contributed by atoms with Crippen molar-refractivity contribution in [3.63, 3.8) is 0 Å². The minimum Gasteiger partial charge on any atom is -0.347 e. The third kappa shape index (κ3) is 4.06. The summed E-state index contributed by atoms with van der Waals surface area (Å²) in [6, 6.07) is 1.28. The van der Waals surface area contributed by atoms with Gasteiger partial charge in [0, 0.05) is 24.5 Å². The molecule has 1 unspecified atom stereocenters. The van der Waals surface area contributed by atoms with Crippen LogP contribution in [0.4, 0.5) is 5.69 Å². The fourth-order valence-corrected chi connectivity index (χ4v) is 2.39. The van der Waals surface area contributed by atoms with E-state index in [4.69, 9.17) is 0 Å². The molecule has 0 radical (unpaired) electrons. The van der Waals surface area contributed by atoms with E-state index in [2.05, 4.69) is 21.2 Å². The van der Waals surface area contributed by atoms with Gasteiger partial charge in [-0.05, 0) is 11.8 Å². The summed E-state index contributed by atoms with van der Waals surface area (Å²) in [6.45, 7) is 6.15. The topological polar surface area (TPSA) is 77.2 Å². The number of carbonyl (C=O) groups excluding carboxylic acids is 1. The van der Waals surface area contributed by atoms with Gasteiger partial charge in [-0.15, -0.1) is 0 Å². The van der Waals surface area contributed by atoms with Crippen LogP contribution in [0.5, 0.6) is 0 Å². The molecule has 0 fully saturated rings. The van der Waals surface area contributed by atoms with Gasteiger partial charge in [0.05, 0.1) is 11.1 Å². The highest BCUT2D eigenvalue weighted by Gasteiger charge is 2.27. The standard InChI is InChI=1S/C13H20BrN3O3/c1-13(2,3)11(5-6-14)15-12(18)10-7-9(17(19)20)8-16(10)4/h7-8,11H,5-6H2,1-4H3,(H,15,18). The van der Waals surface area contributed by atoms with Crippen LogP contribution in [0.2, 0.25) is 0 Å². The van der Waals surface area contributed by atoms with E-state index < -0.39 is 4.92 Å². The average molecular weight is 346 g/mol. The molecular weight excluding hydrogens is 326 g/mol. The van der Waals surface area contributed by atoms with Crippen molar-refractivity contribution in [2.45, 2.75) is 33.2 Å². The summed E-state index contributed by atoms with van der Waals surface area (Å²) in [5.41, 5.74) is 0.131. The Hall–Kier alpha value is -1.37. The minimum absolute atomic E-state index is 0.0108. The number of hydrogen-bond acceptors (Lipinski definition) is 3. The van der Waals surface area contributed by atoms with Gasteiger partial charge in [-0.25, -0.2) is 0 Å². The summed E-state index contributed by atoms with van der Waals surface area (Å²) in [5.74, 6) is -0.290. The molecule has 1 aromatic heterocycles. The Kier molecular flexibility index (Phi) is 5.33. The monoisotopic (exact) mass is 345 g/mol. The number of nitrogens with one attached hydrogen (secondary N) is 1. The lowest BCUT2D eigenvalue weighted by molar-refractivity contribution is -0.384. The first kappa shape index (κ1) is 16.7. The number of nitrogens with zero attached hydrogens (tertiary/aromatic N) is 2. The maximum Gasteiger partial charge on any atom is 0.287 e. The molecule has 0 aliphatic heterocycles. The van der Waals surface area contributed by atoms with E-state index in [9.17, 15) is 14.9 Å². The Labute approximate surface area is 126 Å². The molecule has 1 rings (SSSR count). The highest BCUT2D eigenvalue weighted by atomic mass is 79.9. The van der Waals surface area contributed by atoms with E-state index in [1.54, 1.807) is 7.05 Å². The fraction of sp³-hybridized carbons (Fsp3) is 0.615. The van der Waals surface area contributed by atoms with Crippen molar-refractivity contribution in [3.05, 3.63) is 28.1 Å². The van der Waals surface area contributed by atoms with E-state index in [1.807, 2.05) is 20.8 Å². The van der Waals surface area contributed by atoms with Gasteiger partial charge in [0.15, 0.2) is 0 Å². The molecule has 0 spiro atoms. The zero-order valence-electron chi connectivity index (χ0n) is 12.1. The van der Waals surface area contributed by atoms with E-state index in [-0.39, 0.29) is 23.1 Å². The van der Waals surface area contributed by atoms with Crippen molar-refractivity contribution >= 4 is 27.5 Å². The molecule has 0 aliphatic carbocycles. The molecule has 1 heterocycles. The molecule has 1 N–H and O–H groups in total. The number of carbonyl (C=O) groups is 1. The lowest BCUT2D eigenvalue weighted by Gasteiger charge is -2.31. The van der Waals surface area contributed by atoms with Crippen LogP contribution in [-0.2, 0) is 7.05 Å². The molecule has 0 saturated heterocycles. The van der Waals surface area contributed by atoms with E-state index in [0.717, 1.165) is 11.8 Å². The summed E-state index contributed by atoms with van der Waals surface area (Å²) in [6.07, 6.45) is 2.13. The molecular formula is C13H20BrN3O3. The molecule has 1 aromatic rings. The summed E-state index contributed by atoms with van der Waals surface area (Å²) >= 11 is 3.38. The van der Waals surface area contributed by atoms with Gasteiger partial charge in [0.1, 0.15) is 5.69 Å². The second kappa shape index (κ2) is 6.39. The van der Waals surface area contributed by atoms with Crippen LogP contribution in [0.1, 0.15) is 37.7 Å². The number of alkyl halides is 1. The zero-order valence-corrected chi connectivity index (χ0v) is 13.7. The number of rotatable bonds is 5. The summed E-state index contributed by atoms with van der Waals surface area (Å²) in [7, 11) is 1.62. The van der Waals surface area contributed by atoms with Gasteiger partial charge in [-0.1, -0.05) is 36.7 Å². The van der Waals surface area contributed by atoms with Crippen molar-refractivity contribution < 1.29 is 9.72 Å². The molecule has 7 heteroatoms. The van der Waals surface area contributed by atoms with Crippen LogP contribution in [0.15, 0.2) is 12.3 Å². The van der Waals surface area contributed by atoms with Gasteiger partial charge in [-0.2, -0.15) is 0 Å². The number of hydrogen-bond donors (Lipinski definition) is 1. The second-order valence-electron chi connectivity index (χ2n) is 5.82. The summed E-state index contributed by atoms with van der Waals surface area (Å²) < 4.78 is 1.47. The van der Waals surface area contributed by atoms with E-state index in [0.29, 0.717) is 5.69 Å². The Morgan fingerprint density at radius 3 is 2.55 bits per heavy atom. The first-order valence-electron chi connectivity index (χ1n) is 6.34. The lowest BCUT2D eigenvalue weighted by atomic mass is 9.85. The minimum atomic E-state index is -0.503. The Bertz CT molecular complexity index is 505. The van der Waals surface area contributed by atoms with Crippen LogP contribution in [0.25, 0.3) is 0 Å². The zero-order chi connectivity index (χ0) is 15.5. The van der Waals surface area contributed by atoms with Gasteiger partial charge < -0.3 is 9.88 Å². The smallest absolute Gasteiger partial charge is 0.287 e. The first-order valence-corrected chi connectivity index (χ1v) is 7.46. The predicted octanol–water partition coefficient (Wildman–Crippen LogP) is 2.86. The van der Waals surface area contributed by atoms with Crippen molar-refractivity contribution in [3.8, 4) is 0 Å². The van der Waals surface area contributed by atoms with Crippen LogP contribution in [0.3, 0.4) is 0 Å². The van der Waals surface area contributed by atoms with Gasteiger partial charge in [-0.3, -0.25) is 14.9 Å². The number of aryl methyl sites for hydroxylation is 1. The van der Waals surface area contributed by atoms with Gasteiger partial charge in [0.2, 0.25) is 0 Å². The van der Waals surface area contributed by atoms with Crippen molar-refractivity contribution in [1.82, 2.24) is 9.88 Å². The third-order valence-electron chi connectivity index (χ3n) is 3.18. The summed E-state index contributed by atoms with van der Waals surface area (Å²) in [4.78, 5) is 22.5. The van der Waals surface area contributed by atoms with Crippen molar-refractivity contribution in [1.29, 1.82) is 0 Å². The number of halogens is 1. The predicted molar refractivity (Wildman–Crippen MR) is 81.2 cm³/mol. The first-order chi connectivity index (χ1) is 9.16. The van der Waals surface area contributed by atoms with Gasteiger partial charge >= 0.3 is 0 Å². The third-order valence-corrected chi connectivity index (χ3v) is 3.64. The Balaban J connectivity index is 2.92. The quantitative estimate of drug-likeness (QED) is 0.506. The van der Waals surface area contributed by atoms with Crippen LogP contribution in [-0.4, -0.2) is 26.8 Å². The van der Waals surface area contributed by atoms with Gasteiger partial charge in [0.25, 0.3) is 11.6 Å². The molecule has 112 valence electrons. The largest absolute Gasteiger partial charge is 0.347 e. The summed E-state index contributed by atoms with van der Waals surface area (Å²) in [5, 5.41) is 14.5. The Morgan fingerprint density at radius 2 is 2.15 bits per heavy atom. The second-order valence-corrected chi connectivity index (χ2v) is 6.61. The Morgan fingerprint density at radius 1 is 1.55 bits per heavy atom. The highest BCUT2D eigenvalue weighted by molar-refractivity contribution is 9.09. The highest BCUT2D eigenvalue weighted by Crippen LogP contribution is 2.23. The van der Waals surface area contributed by atoms with Crippen molar-refractivity contribution in [2.24, 2.45) is 12.5 Å². The normalized spacial score (nSPS) is 13.1. The fourth-order valence-electron chi connectivity index (χ4n) is 1.94. The number of amides is 1.